The molecule has 9 nitrogen and oxygen atoms in total. The lowest BCUT2D eigenvalue weighted by Gasteiger charge is -2.18. The number of allylic oxidation sites excluding steroid dienone is 4. The zero-order valence-corrected chi connectivity index (χ0v) is 29.2. The summed E-state index contributed by atoms with van der Waals surface area (Å²) < 4.78 is 26.1. The minimum absolute atomic E-state index is 0.119. The fraction of sp³-hybridized carbons (Fsp3) is 0.800. The lowest BCUT2D eigenvalue weighted by Crippen LogP contribution is -2.29. The number of ether oxygens (including phenoxy) is 2. The van der Waals surface area contributed by atoms with E-state index in [-0.39, 0.29) is 25.2 Å². The number of ketones is 1. The maximum absolute atomic E-state index is 12.3. The highest BCUT2D eigenvalue weighted by Gasteiger charge is 2.22. The highest BCUT2D eigenvalue weighted by Crippen LogP contribution is 2.36. The number of hydrogen-bond acceptors (Lipinski definition) is 7. The molecule has 0 spiro atoms. The number of esters is 2. The Morgan fingerprint density at radius 2 is 1.11 bits per heavy atom. The van der Waals surface area contributed by atoms with Crippen molar-refractivity contribution in [2.24, 2.45) is 0 Å². The zero-order valence-electron chi connectivity index (χ0n) is 28.3. The van der Waals surface area contributed by atoms with E-state index in [1.807, 2.05) is 12.2 Å². The van der Waals surface area contributed by atoms with Crippen LogP contribution in [0.15, 0.2) is 24.3 Å². The van der Waals surface area contributed by atoms with E-state index in [2.05, 4.69) is 24.4 Å². The van der Waals surface area contributed by atoms with Gasteiger partial charge in [0, 0.05) is 19.3 Å². The van der Waals surface area contributed by atoms with Crippen molar-refractivity contribution in [3.05, 3.63) is 24.3 Å². The van der Waals surface area contributed by atoms with E-state index in [0.717, 1.165) is 51.4 Å². The van der Waals surface area contributed by atoms with E-state index >= 15 is 0 Å². The maximum Gasteiger partial charge on any atom is 0.469 e. The van der Waals surface area contributed by atoms with E-state index < -0.39 is 32.5 Å². The van der Waals surface area contributed by atoms with Crippen LogP contribution >= 0.6 is 7.82 Å². The van der Waals surface area contributed by atoms with Crippen molar-refractivity contribution in [1.82, 2.24) is 0 Å². The molecule has 0 saturated carbocycles. The fourth-order valence-corrected chi connectivity index (χ4v) is 5.13. The molecule has 0 aliphatic carbocycles. The molecule has 0 aromatic rings. The first-order valence-corrected chi connectivity index (χ1v) is 19.1. The van der Waals surface area contributed by atoms with Crippen molar-refractivity contribution in [2.75, 3.05) is 13.2 Å². The Balaban J connectivity index is 4.08. The fourth-order valence-electron chi connectivity index (χ4n) is 4.76. The molecule has 1 atom stereocenters. The molecule has 0 aromatic carbocycles. The van der Waals surface area contributed by atoms with Gasteiger partial charge in [-0.3, -0.25) is 18.9 Å². The smallest absolute Gasteiger partial charge is 0.462 e. The van der Waals surface area contributed by atoms with Gasteiger partial charge in [-0.15, -0.1) is 0 Å². The Hall–Kier alpha value is -1.80. The number of carbonyl (C=O) groups excluding carboxylic acids is 3. The lowest BCUT2D eigenvalue weighted by atomic mass is 10.1. The summed E-state index contributed by atoms with van der Waals surface area (Å²) in [5.74, 6) is -0.858. The second-order valence-electron chi connectivity index (χ2n) is 11.9. The molecule has 0 heterocycles. The van der Waals surface area contributed by atoms with E-state index in [0.29, 0.717) is 19.3 Å². The summed E-state index contributed by atoms with van der Waals surface area (Å²) in [7, 11) is -4.77. The molecular formula is C35H63O9P. The predicted molar refractivity (Wildman–Crippen MR) is 180 cm³/mol. The van der Waals surface area contributed by atoms with Gasteiger partial charge < -0.3 is 19.3 Å². The molecule has 0 aliphatic heterocycles. The first-order valence-electron chi connectivity index (χ1n) is 17.6. The molecule has 0 aromatic heterocycles. The van der Waals surface area contributed by atoms with Crippen LogP contribution in [0.4, 0.5) is 0 Å². The molecule has 0 rings (SSSR count). The molecule has 2 N–H and O–H groups in total. The molecule has 45 heavy (non-hydrogen) atoms. The number of rotatable bonds is 32. The van der Waals surface area contributed by atoms with Crippen LogP contribution in [0.3, 0.4) is 0 Å². The molecule has 0 saturated heterocycles. The Labute approximate surface area is 273 Å². The Kier molecular flexibility index (Phi) is 29.6. The lowest BCUT2D eigenvalue weighted by molar-refractivity contribution is -0.161. The van der Waals surface area contributed by atoms with Crippen LogP contribution in [0.25, 0.3) is 0 Å². The van der Waals surface area contributed by atoms with Crippen LogP contribution < -0.4 is 0 Å². The zero-order chi connectivity index (χ0) is 33.4. The van der Waals surface area contributed by atoms with Crippen molar-refractivity contribution >= 4 is 25.5 Å². The molecule has 0 amide bonds. The second-order valence-corrected chi connectivity index (χ2v) is 13.1. The van der Waals surface area contributed by atoms with E-state index in [1.165, 1.54) is 64.2 Å². The topological polar surface area (TPSA) is 136 Å². The molecule has 0 radical (unpaired) electrons. The molecule has 0 unspecified atom stereocenters. The minimum Gasteiger partial charge on any atom is -0.462 e. The summed E-state index contributed by atoms with van der Waals surface area (Å²) in [5.41, 5.74) is 0. The number of phosphoric ester groups is 1. The third-order valence-corrected chi connectivity index (χ3v) is 7.93. The van der Waals surface area contributed by atoms with Crippen LogP contribution in [-0.4, -0.2) is 46.8 Å². The summed E-state index contributed by atoms with van der Waals surface area (Å²) in [6.45, 7) is 3.50. The average molecular weight is 659 g/mol. The van der Waals surface area contributed by atoms with Crippen LogP contribution in [0.2, 0.25) is 0 Å². The van der Waals surface area contributed by atoms with E-state index in [9.17, 15) is 18.9 Å². The highest BCUT2D eigenvalue weighted by atomic mass is 31.2. The molecule has 262 valence electrons. The normalized spacial score (nSPS) is 12.6. The SMILES string of the molecule is CCCCC/C=C\C=C\C(=O)CCCCCCCC(=O)OC[C@H](COP(=O)(O)O)OC(=O)CCCCCCCCCCCCC. The third-order valence-electron chi connectivity index (χ3n) is 7.45. The van der Waals surface area contributed by atoms with Gasteiger partial charge in [0.1, 0.15) is 6.61 Å². The predicted octanol–water partition coefficient (Wildman–Crippen LogP) is 9.24. The van der Waals surface area contributed by atoms with E-state index in [4.69, 9.17) is 19.3 Å². The number of unbranched alkanes of at least 4 members (excludes halogenated alkanes) is 17. The van der Waals surface area contributed by atoms with Crippen LogP contribution in [-0.2, 0) is 32.9 Å². The van der Waals surface area contributed by atoms with Crippen LogP contribution in [0, 0.1) is 0 Å². The number of carbonyl (C=O) groups is 3. The van der Waals surface area contributed by atoms with Gasteiger partial charge in [-0.1, -0.05) is 128 Å². The van der Waals surface area contributed by atoms with E-state index in [1.54, 1.807) is 6.08 Å². The quantitative estimate of drug-likeness (QED) is 0.0238. The van der Waals surface area contributed by atoms with Gasteiger partial charge in [-0.25, -0.2) is 4.57 Å². The Bertz CT molecular complexity index is 850. The van der Waals surface area contributed by atoms with Crippen molar-refractivity contribution < 1.29 is 42.7 Å². The van der Waals surface area contributed by atoms with Crippen LogP contribution in [0.1, 0.15) is 162 Å². The van der Waals surface area contributed by atoms with Crippen molar-refractivity contribution in [3.63, 3.8) is 0 Å². The molecule has 0 aliphatic rings. The van der Waals surface area contributed by atoms with Gasteiger partial charge in [-0.05, 0) is 38.2 Å². The van der Waals surface area contributed by atoms with Gasteiger partial charge >= 0.3 is 19.8 Å². The first-order chi connectivity index (χ1) is 21.7. The van der Waals surface area contributed by atoms with Crippen molar-refractivity contribution in [1.29, 1.82) is 0 Å². The Morgan fingerprint density at radius 3 is 1.67 bits per heavy atom. The number of hydrogen-bond donors (Lipinski definition) is 2. The summed E-state index contributed by atoms with van der Waals surface area (Å²) in [6.07, 6.45) is 28.7. The molecule has 0 bridgehead atoms. The molecule has 10 heteroatoms. The van der Waals surface area contributed by atoms with Gasteiger partial charge in [0.2, 0.25) is 0 Å². The maximum atomic E-state index is 12.3. The standard InChI is InChI=1S/C35H63O9P/c1-3-5-7-9-11-12-13-14-16-20-25-29-35(38)44-33(31-43-45(39,40)41)30-42-34(37)28-24-21-17-19-23-27-32(36)26-22-18-15-10-8-6-4-2/h15,18,22,26,33H,3-14,16-17,19-21,23-25,27-31H2,1-2H3,(H2,39,40,41)/b18-15-,26-22+/t33-/m1/s1. The monoisotopic (exact) mass is 658 g/mol. The minimum atomic E-state index is -4.77. The van der Waals surface area contributed by atoms with Gasteiger partial charge in [-0.2, -0.15) is 0 Å². The van der Waals surface area contributed by atoms with Gasteiger partial charge in [0.25, 0.3) is 0 Å². The first kappa shape index (κ1) is 43.2. The van der Waals surface area contributed by atoms with Gasteiger partial charge in [0.15, 0.2) is 11.9 Å². The summed E-state index contributed by atoms with van der Waals surface area (Å²) in [5, 5.41) is 0. The second kappa shape index (κ2) is 30.8. The highest BCUT2D eigenvalue weighted by molar-refractivity contribution is 7.46. The summed E-state index contributed by atoms with van der Waals surface area (Å²) >= 11 is 0. The average Bonchev–Trinajstić information content (AvgIpc) is 2.99. The molecular weight excluding hydrogens is 595 g/mol. The summed E-state index contributed by atoms with van der Waals surface area (Å²) in [6, 6.07) is 0. The summed E-state index contributed by atoms with van der Waals surface area (Å²) in [4.78, 5) is 54.5. The van der Waals surface area contributed by atoms with Crippen LogP contribution in [0.5, 0.6) is 0 Å². The van der Waals surface area contributed by atoms with Crippen molar-refractivity contribution in [2.45, 2.75) is 168 Å². The number of phosphoric acid groups is 1. The third kappa shape index (κ3) is 33.4. The largest absolute Gasteiger partial charge is 0.469 e. The Morgan fingerprint density at radius 1 is 0.622 bits per heavy atom. The molecule has 0 fully saturated rings. The van der Waals surface area contributed by atoms with Crippen molar-refractivity contribution in [3.8, 4) is 0 Å². The van der Waals surface area contributed by atoms with Gasteiger partial charge in [0.05, 0.1) is 6.61 Å².